The lowest BCUT2D eigenvalue weighted by molar-refractivity contribution is 0.00123. The van der Waals surface area contributed by atoms with E-state index < -0.39 is 8.32 Å². The van der Waals surface area contributed by atoms with Gasteiger partial charge in [0.05, 0.1) is 12.7 Å². The molecule has 0 spiro atoms. The molecule has 0 aromatic rings. The molecule has 1 rings (SSSR count). The lowest BCUT2D eigenvalue weighted by atomic mass is 9.66. The zero-order valence-corrected chi connectivity index (χ0v) is 18.5. The van der Waals surface area contributed by atoms with Gasteiger partial charge >= 0.3 is 0 Å². The Kier molecular flexibility index (Phi) is 6.74. The molecule has 1 unspecified atom stereocenters. The average molecular weight is 353 g/mol. The molecule has 2 atom stereocenters. The molecular weight excluding hydrogens is 312 g/mol. The lowest BCUT2D eigenvalue weighted by Gasteiger charge is -2.41. The van der Waals surface area contributed by atoms with Crippen LogP contribution >= 0.6 is 0 Å². The van der Waals surface area contributed by atoms with Crippen LogP contribution in [0, 0.1) is 10.8 Å². The van der Waals surface area contributed by atoms with Gasteiger partial charge in [-0.15, -0.1) is 0 Å². The number of hydrogen-bond donors (Lipinski definition) is 1. The Bertz CT molecular complexity index is 483. The number of hydrogen-bond acceptors (Lipinski definition) is 2. The van der Waals surface area contributed by atoms with Crippen LogP contribution in [0.15, 0.2) is 23.8 Å². The predicted molar refractivity (Wildman–Crippen MR) is 108 cm³/mol. The molecule has 0 amide bonds. The summed E-state index contributed by atoms with van der Waals surface area (Å²) < 4.78 is 6.19. The van der Waals surface area contributed by atoms with Gasteiger partial charge in [-0.3, -0.25) is 0 Å². The second-order valence-electron chi connectivity index (χ2n) is 9.98. The zero-order valence-electron chi connectivity index (χ0n) is 17.5. The molecule has 3 heteroatoms. The van der Waals surface area contributed by atoms with Crippen molar-refractivity contribution in [1.82, 2.24) is 0 Å². The van der Waals surface area contributed by atoms with Crippen LogP contribution in [-0.4, -0.2) is 26.1 Å². The first-order chi connectivity index (χ1) is 10.7. The highest BCUT2D eigenvalue weighted by atomic mass is 28.4. The summed E-state index contributed by atoms with van der Waals surface area (Å²) in [7, 11) is -1.69. The van der Waals surface area contributed by atoms with Crippen molar-refractivity contribution in [1.29, 1.82) is 0 Å². The first kappa shape index (κ1) is 21.7. The topological polar surface area (TPSA) is 29.5 Å². The van der Waals surface area contributed by atoms with Crippen molar-refractivity contribution in [3.63, 3.8) is 0 Å². The molecule has 0 heterocycles. The number of rotatable bonds is 6. The maximum Gasteiger partial charge on any atom is 0.192 e. The summed E-state index contributed by atoms with van der Waals surface area (Å²) in [5, 5.41) is 11.0. The van der Waals surface area contributed by atoms with Crippen molar-refractivity contribution in [3.8, 4) is 0 Å². The summed E-state index contributed by atoms with van der Waals surface area (Å²) in [6, 6.07) is 0. The first-order valence-electron chi connectivity index (χ1n) is 9.40. The standard InChI is InChI=1S/C21H40O2Si/c1-17(13-16-23-24(8,9)19(2,3)4)11-12-18(22)21(7)15-10-14-20(21,5)6/h11-13,18,22H,10,14-16H2,1-9H3/b12-11+,17-13+/t18?,21-/m0/s1. The Morgan fingerprint density at radius 2 is 1.79 bits per heavy atom. The fourth-order valence-corrected chi connectivity index (χ4v) is 4.12. The predicted octanol–water partition coefficient (Wildman–Crippen LogP) is 6.09. The van der Waals surface area contributed by atoms with E-state index >= 15 is 0 Å². The largest absolute Gasteiger partial charge is 0.413 e. The molecule has 0 bridgehead atoms. The van der Waals surface area contributed by atoms with Crippen LogP contribution in [0.5, 0.6) is 0 Å². The second-order valence-corrected chi connectivity index (χ2v) is 14.8. The molecule has 0 aromatic carbocycles. The summed E-state index contributed by atoms with van der Waals surface area (Å²) in [6.07, 6.45) is 9.28. The van der Waals surface area contributed by atoms with Gasteiger partial charge in [-0.2, -0.15) is 0 Å². The molecule has 140 valence electrons. The number of aliphatic hydroxyl groups is 1. The van der Waals surface area contributed by atoms with Crippen molar-refractivity contribution in [3.05, 3.63) is 23.8 Å². The average Bonchev–Trinajstić information content (AvgIpc) is 2.69. The van der Waals surface area contributed by atoms with E-state index in [4.69, 9.17) is 4.43 Å². The number of aliphatic hydroxyl groups excluding tert-OH is 1. The Labute approximate surface area is 151 Å². The first-order valence-corrected chi connectivity index (χ1v) is 12.3. The minimum Gasteiger partial charge on any atom is -0.413 e. The summed E-state index contributed by atoms with van der Waals surface area (Å²) in [5.74, 6) is 0. The van der Waals surface area contributed by atoms with Crippen molar-refractivity contribution < 1.29 is 9.53 Å². The van der Waals surface area contributed by atoms with Crippen LogP contribution in [0.25, 0.3) is 0 Å². The Balaban J connectivity index is 2.64. The molecule has 0 radical (unpaired) electrons. The van der Waals surface area contributed by atoms with Gasteiger partial charge in [0, 0.05) is 5.41 Å². The summed E-state index contributed by atoms with van der Waals surface area (Å²) >= 11 is 0. The van der Waals surface area contributed by atoms with Gasteiger partial charge in [0.1, 0.15) is 0 Å². The van der Waals surface area contributed by atoms with Gasteiger partial charge in [-0.05, 0) is 43.3 Å². The van der Waals surface area contributed by atoms with E-state index in [9.17, 15) is 5.11 Å². The van der Waals surface area contributed by atoms with E-state index in [1.54, 1.807) is 0 Å². The molecule has 1 N–H and O–H groups in total. The van der Waals surface area contributed by atoms with Crippen LogP contribution < -0.4 is 0 Å². The Morgan fingerprint density at radius 1 is 1.21 bits per heavy atom. The fraction of sp³-hybridized carbons (Fsp3) is 0.810. The van der Waals surface area contributed by atoms with E-state index in [1.807, 2.05) is 6.08 Å². The van der Waals surface area contributed by atoms with Crippen molar-refractivity contribution in [2.45, 2.75) is 92.0 Å². The van der Waals surface area contributed by atoms with Gasteiger partial charge < -0.3 is 9.53 Å². The van der Waals surface area contributed by atoms with Crippen LogP contribution in [0.2, 0.25) is 18.1 Å². The van der Waals surface area contributed by atoms with Crippen LogP contribution in [-0.2, 0) is 4.43 Å². The molecule has 2 nitrogen and oxygen atoms in total. The Morgan fingerprint density at radius 3 is 2.25 bits per heavy atom. The molecule has 0 aromatic heterocycles. The highest BCUT2D eigenvalue weighted by molar-refractivity contribution is 6.74. The normalized spacial score (nSPS) is 27.0. The molecule has 1 saturated carbocycles. The quantitative estimate of drug-likeness (QED) is 0.463. The van der Waals surface area contributed by atoms with Gasteiger partial charge in [-0.1, -0.05) is 71.8 Å². The SMILES string of the molecule is CC(/C=C/C(O)[C@]1(C)CCCC1(C)C)=C\CO[Si](C)(C)C(C)(C)C. The second kappa shape index (κ2) is 7.47. The van der Waals surface area contributed by atoms with E-state index in [0.29, 0.717) is 6.61 Å². The molecule has 1 fully saturated rings. The summed E-state index contributed by atoms with van der Waals surface area (Å²) in [6.45, 7) is 20.9. The molecule has 0 aliphatic heterocycles. The minimum atomic E-state index is -1.69. The molecular formula is C21H40O2Si. The van der Waals surface area contributed by atoms with Crippen LogP contribution in [0.3, 0.4) is 0 Å². The van der Waals surface area contributed by atoms with E-state index in [1.165, 1.54) is 12.8 Å². The maximum absolute atomic E-state index is 10.7. The van der Waals surface area contributed by atoms with Gasteiger partial charge in [0.15, 0.2) is 8.32 Å². The Hall–Kier alpha value is -0.383. The van der Waals surface area contributed by atoms with Crippen molar-refractivity contribution >= 4 is 8.32 Å². The molecule has 1 aliphatic carbocycles. The maximum atomic E-state index is 10.7. The summed E-state index contributed by atoms with van der Waals surface area (Å²) in [5.41, 5.74) is 1.33. The van der Waals surface area contributed by atoms with Gasteiger partial charge in [0.25, 0.3) is 0 Å². The monoisotopic (exact) mass is 352 g/mol. The third kappa shape index (κ3) is 4.83. The lowest BCUT2D eigenvalue weighted by Crippen LogP contribution is -2.40. The van der Waals surface area contributed by atoms with Crippen LogP contribution in [0.1, 0.15) is 67.7 Å². The summed E-state index contributed by atoms with van der Waals surface area (Å²) in [4.78, 5) is 0. The minimum absolute atomic E-state index is 0.0264. The van der Waals surface area contributed by atoms with Crippen LogP contribution in [0.4, 0.5) is 0 Å². The molecule has 24 heavy (non-hydrogen) atoms. The van der Waals surface area contributed by atoms with E-state index in [2.05, 4.69) is 73.7 Å². The number of allylic oxidation sites excluding steroid dienone is 2. The smallest absolute Gasteiger partial charge is 0.192 e. The third-order valence-corrected chi connectivity index (χ3v) is 11.4. The van der Waals surface area contributed by atoms with Crippen molar-refractivity contribution in [2.24, 2.45) is 10.8 Å². The van der Waals surface area contributed by atoms with Crippen molar-refractivity contribution in [2.75, 3.05) is 6.61 Å². The fourth-order valence-electron chi connectivity index (χ4n) is 3.19. The molecule has 0 saturated heterocycles. The van der Waals surface area contributed by atoms with Gasteiger partial charge in [0.2, 0.25) is 0 Å². The van der Waals surface area contributed by atoms with E-state index in [-0.39, 0.29) is 22.0 Å². The molecule has 1 aliphatic rings. The van der Waals surface area contributed by atoms with Gasteiger partial charge in [-0.25, -0.2) is 0 Å². The highest BCUT2D eigenvalue weighted by Crippen LogP contribution is 2.54. The third-order valence-electron chi connectivity index (χ3n) is 6.89. The van der Waals surface area contributed by atoms with E-state index in [0.717, 1.165) is 12.0 Å². The zero-order chi connectivity index (χ0) is 18.8. The highest BCUT2D eigenvalue weighted by Gasteiger charge is 2.48.